The summed E-state index contributed by atoms with van der Waals surface area (Å²) in [7, 11) is -3.97. The van der Waals surface area contributed by atoms with Crippen LogP contribution in [0.15, 0.2) is 64.3 Å². The van der Waals surface area contributed by atoms with Gasteiger partial charge in [0, 0.05) is 31.1 Å². The van der Waals surface area contributed by atoms with Crippen LogP contribution in [0.1, 0.15) is 30.1 Å². The molecule has 12 nitrogen and oxygen atoms in total. The number of rotatable bonds is 6. The summed E-state index contributed by atoms with van der Waals surface area (Å²) in [4.78, 5) is 30.4. The highest BCUT2D eigenvalue weighted by atomic mass is 32.2. The van der Waals surface area contributed by atoms with Gasteiger partial charge < -0.3 is 4.98 Å². The van der Waals surface area contributed by atoms with Crippen LogP contribution < -0.4 is 5.56 Å². The maximum Gasteiger partial charge on any atom is 0.281 e. The molecule has 0 aliphatic carbocycles. The molecule has 1 aliphatic heterocycles. The molecule has 2 aromatic heterocycles. The molecule has 0 amide bonds. The number of hydrogen-bond donors (Lipinski definition) is 1. The second kappa shape index (κ2) is 9.00. The summed E-state index contributed by atoms with van der Waals surface area (Å²) < 4.78 is 29.3. The standard InChI is InChI=1S/C22H21N7O5S/c30-22-19-21(28(26-25-19)13-15-6-2-1-3-7-15)23-20(24-22)16-8-5-11-27(14-16)35(33,34)18-10-4-9-17(12-18)29(31)32/h1-4,6-7,9-10,12,16H,5,8,11,13-14H2,(H,23,24,30)/t16-/m1/s1. The van der Waals surface area contributed by atoms with Gasteiger partial charge in [-0.25, -0.2) is 18.1 Å². The van der Waals surface area contributed by atoms with Crippen molar-refractivity contribution >= 4 is 26.9 Å². The summed E-state index contributed by atoms with van der Waals surface area (Å²) in [5.41, 5.74) is 0.667. The van der Waals surface area contributed by atoms with Gasteiger partial charge >= 0.3 is 0 Å². The number of nitro benzene ring substituents is 1. The van der Waals surface area contributed by atoms with Crippen molar-refractivity contribution in [3.63, 3.8) is 0 Å². The highest BCUT2D eigenvalue weighted by Gasteiger charge is 2.33. The molecule has 0 spiro atoms. The van der Waals surface area contributed by atoms with Crippen LogP contribution in [0.5, 0.6) is 0 Å². The molecule has 0 saturated carbocycles. The number of H-pyrrole nitrogens is 1. The Morgan fingerprint density at radius 1 is 1.14 bits per heavy atom. The van der Waals surface area contributed by atoms with Crippen molar-refractivity contribution in [2.75, 3.05) is 13.1 Å². The molecule has 1 fully saturated rings. The van der Waals surface area contributed by atoms with E-state index < -0.39 is 20.5 Å². The van der Waals surface area contributed by atoms with Crippen molar-refractivity contribution in [2.24, 2.45) is 0 Å². The Labute approximate surface area is 199 Å². The first-order valence-electron chi connectivity index (χ1n) is 10.9. The molecule has 5 rings (SSSR count). The Hall–Kier alpha value is -3.97. The number of aromatic nitrogens is 5. The quantitative estimate of drug-likeness (QED) is 0.314. The first-order valence-corrected chi connectivity index (χ1v) is 12.4. The number of nitrogens with zero attached hydrogens (tertiary/aromatic N) is 6. The highest BCUT2D eigenvalue weighted by Crippen LogP contribution is 2.29. The fourth-order valence-corrected chi connectivity index (χ4v) is 5.79. The Balaban J connectivity index is 1.45. The third kappa shape index (κ3) is 4.42. The summed E-state index contributed by atoms with van der Waals surface area (Å²) >= 11 is 0. The average Bonchev–Trinajstić information content (AvgIpc) is 3.28. The number of benzene rings is 2. The number of non-ortho nitro benzene ring substituents is 1. The van der Waals surface area contributed by atoms with Crippen molar-refractivity contribution in [1.29, 1.82) is 0 Å². The number of aromatic amines is 1. The van der Waals surface area contributed by atoms with E-state index in [0.29, 0.717) is 30.9 Å². The molecule has 0 unspecified atom stereocenters. The van der Waals surface area contributed by atoms with E-state index in [0.717, 1.165) is 11.6 Å². The predicted octanol–water partition coefficient (Wildman–Crippen LogP) is 2.04. The van der Waals surface area contributed by atoms with Crippen LogP contribution in [0.25, 0.3) is 11.2 Å². The molecular weight excluding hydrogens is 474 g/mol. The van der Waals surface area contributed by atoms with Crippen LogP contribution in [0.3, 0.4) is 0 Å². The zero-order valence-electron chi connectivity index (χ0n) is 18.4. The zero-order valence-corrected chi connectivity index (χ0v) is 19.3. The molecule has 2 aromatic carbocycles. The summed E-state index contributed by atoms with van der Waals surface area (Å²) in [5.74, 6) is -0.00699. The first-order chi connectivity index (χ1) is 16.8. The molecule has 0 bridgehead atoms. The molecule has 1 aliphatic rings. The van der Waals surface area contributed by atoms with E-state index in [2.05, 4.69) is 20.3 Å². The molecule has 4 aromatic rings. The maximum absolute atomic E-state index is 13.2. The molecule has 1 saturated heterocycles. The second-order valence-electron chi connectivity index (χ2n) is 8.31. The summed E-state index contributed by atoms with van der Waals surface area (Å²) in [5, 5.41) is 19.1. The number of sulfonamides is 1. The van der Waals surface area contributed by atoms with E-state index in [4.69, 9.17) is 0 Å². The molecule has 35 heavy (non-hydrogen) atoms. The topological polar surface area (TPSA) is 157 Å². The Bertz CT molecular complexity index is 1570. The molecule has 1 atom stereocenters. The number of piperidine rings is 1. The minimum absolute atomic E-state index is 0.0831. The molecule has 0 radical (unpaired) electrons. The Morgan fingerprint density at radius 2 is 1.94 bits per heavy atom. The monoisotopic (exact) mass is 495 g/mol. The van der Waals surface area contributed by atoms with Crippen LogP contribution in [0, 0.1) is 10.1 Å². The molecule has 3 heterocycles. The van der Waals surface area contributed by atoms with Gasteiger partial charge in [0.2, 0.25) is 10.0 Å². The lowest BCUT2D eigenvalue weighted by molar-refractivity contribution is -0.385. The lowest BCUT2D eigenvalue weighted by atomic mass is 9.99. The van der Waals surface area contributed by atoms with Crippen molar-refractivity contribution in [2.45, 2.75) is 30.2 Å². The van der Waals surface area contributed by atoms with E-state index in [-0.39, 0.29) is 35.1 Å². The largest absolute Gasteiger partial charge is 0.308 e. The van der Waals surface area contributed by atoms with E-state index in [1.165, 1.54) is 22.5 Å². The normalized spacial score (nSPS) is 17.0. The van der Waals surface area contributed by atoms with Crippen LogP contribution in [0.2, 0.25) is 0 Å². The van der Waals surface area contributed by atoms with Crippen LogP contribution >= 0.6 is 0 Å². The third-order valence-electron chi connectivity index (χ3n) is 6.00. The fourth-order valence-electron chi connectivity index (χ4n) is 4.23. The molecule has 13 heteroatoms. The van der Waals surface area contributed by atoms with Crippen LogP contribution in [0.4, 0.5) is 5.69 Å². The van der Waals surface area contributed by atoms with Gasteiger partial charge in [0.15, 0.2) is 11.2 Å². The molecule has 180 valence electrons. The number of fused-ring (bicyclic) bond motifs is 1. The lowest BCUT2D eigenvalue weighted by Gasteiger charge is -2.31. The molecule has 1 N–H and O–H groups in total. The van der Waals surface area contributed by atoms with E-state index in [1.54, 1.807) is 4.68 Å². The van der Waals surface area contributed by atoms with Crippen LogP contribution in [-0.2, 0) is 16.6 Å². The average molecular weight is 496 g/mol. The van der Waals surface area contributed by atoms with Gasteiger partial charge in [-0.3, -0.25) is 14.9 Å². The highest BCUT2D eigenvalue weighted by molar-refractivity contribution is 7.89. The van der Waals surface area contributed by atoms with E-state index in [9.17, 15) is 23.3 Å². The minimum Gasteiger partial charge on any atom is -0.308 e. The van der Waals surface area contributed by atoms with Crippen molar-refractivity contribution in [3.8, 4) is 0 Å². The summed E-state index contributed by atoms with van der Waals surface area (Å²) in [6.45, 7) is 0.729. The number of nitro groups is 1. The Morgan fingerprint density at radius 3 is 2.71 bits per heavy atom. The predicted molar refractivity (Wildman–Crippen MR) is 125 cm³/mol. The van der Waals surface area contributed by atoms with Crippen molar-refractivity contribution in [3.05, 3.63) is 86.5 Å². The van der Waals surface area contributed by atoms with Gasteiger partial charge in [0.25, 0.3) is 11.2 Å². The number of hydrogen-bond acceptors (Lipinski definition) is 8. The first kappa shape index (κ1) is 22.8. The van der Waals surface area contributed by atoms with Crippen molar-refractivity contribution < 1.29 is 13.3 Å². The van der Waals surface area contributed by atoms with Gasteiger partial charge in [-0.15, -0.1) is 5.10 Å². The second-order valence-corrected chi connectivity index (χ2v) is 10.3. The number of nitrogens with one attached hydrogen (secondary N) is 1. The fraction of sp³-hybridized carbons (Fsp3) is 0.273. The van der Waals surface area contributed by atoms with Gasteiger partial charge in [0.05, 0.1) is 16.4 Å². The van der Waals surface area contributed by atoms with Gasteiger partial charge in [0.1, 0.15) is 5.82 Å². The van der Waals surface area contributed by atoms with E-state index >= 15 is 0 Å². The minimum atomic E-state index is -3.97. The summed E-state index contributed by atoms with van der Waals surface area (Å²) in [6.07, 6.45) is 1.16. The van der Waals surface area contributed by atoms with Crippen LogP contribution in [-0.4, -0.2) is 55.7 Å². The zero-order chi connectivity index (χ0) is 24.6. The third-order valence-corrected chi connectivity index (χ3v) is 7.87. The van der Waals surface area contributed by atoms with Crippen molar-refractivity contribution in [1.82, 2.24) is 29.3 Å². The van der Waals surface area contributed by atoms with Gasteiger partial charge in [-0.2, -0.15) is 4.31 Å². The SMILES string of the molecule is O=c1[nH]c([C@@H]2CCCN(S(=O)(=O)c3cccc([N+](=O)[O-])c3)C2)nc2c1nnn2Cc1ccccc1. The Kier molecular flexibility index (Phi) is 5.86. The summed E-state index contributed by atoms with van der Waals surface area (Å²) in [6, 6.07) is 14.6. The van der Waals surface area contributed by atoms with Gasteiger partial charge in [-0.05, 0) is 24.5 Å². The maximum atomic E-state index is 13.2. The van der Waals surface area contributed by atoms with E-state index in [1.807, 2.05) is 30.3 Å². The van der Waals surface area contributed by atoms with Gasteiger partial charge in [-0.1, -0.05) is 41.6 Å². The molecular formula is C22H21N7O5S. The lowest BCUT2D eigenvalue weighted by Crippen LogP contribution is -2.39. The smallest absolute Gasteiger partial charge is 0.281 e.